The lowest BCUT2D eigenvalue weighted by molar-refractivity contribution is -0.384. The molecule has 1 aliphatic rings. The van der Waals surface area contributed by atoms with E-state index < -0.39 is 4.92 Å². The van der Waals surface area contributed by atoms with Gasteiger partial charge in [-0.2, -0.15) is 0 Å². The molecule has 160 valence electrons. The minimum atomic E-state index is -0.469. The molecule has 1 atom stereocenters. The number of amides is 1. The van der Waals surface area contributed by atoms with Gasteiger partial charge in [-0.1, -0.05) is 11.3 Å². The standard InChI is InChI=1S/C20H20N6O3S2/c27-19(15-3-5-17(6-4-15)26(28)29)25-7-1-2-16(11-25)24-20-23-10-18(31-20)30-12-14-8-21-13-22-9-14/h3-6,8-10,13,16H,1-2,7,11-12H2,(H,23,24)/t16-/m1/s1. The number of thioether (sulfide) groups is 1. The number of hydrogen-bond acceptors (Lipinski definition) is 9. The predicted molar refractivity (Wildman–Crippen MR) is 119 cm³/mol. The van der Waals surface area contributed by atoms with Crippen molar-refractivity contribution in [3.63, 3.8) is 0 Å². The predicted octanol–water partition coefficient (Wildman–Crippen LogP) is 3.85. The van der Waals surface area contributed by atoms with Crippen molar-refractivity contribution in [1.29, 1.82) is 0 Å². The lowest BCUT2D eigenvalue weighted by Crippen LogP contribution is -2.45. The first-order valence-corrected chi connectivity index (χ1v) is 11.5. The molecule has 9 nitrogen and oxygen atoms in total. The topological polar surface area (TPSA) is 114 Å². The van der Waals surface area contributed by atoms with Gasteiger partial charge in [-0.15, -0.1) is 11.8 Å². The van der Waals surface area contributed by atoms with Crippen molar-refractivity contribution < 1.29 is 9.72 Å². The first-order valence-electron chi connectivity index (χ1n) is 9.71. The van der Waals surface area contributed by atoms with Crippen LogP contribution in [-0.4, -0.2) is 49.8 Å². The molecule has 0 spiro atoms. The number of rotatable bonds is 7. The van der Waals surface area contributed by atoms with E-state index in [2.05, 4.69) is 20.3 Å². The number of nitrogens with zero attached hydrogens (tertiary/aromatic N) is 5. The van der Waals surface area contributed by atoms with Crippen LogP contribution in [0.1, 0.15) is 28.8 Å². The van der Waals surface area contributed by atoms with E-state index in [0.717, 1.165) is 33.5 Å². The van der Waals surface area contributed by atoms with Crippen molar-refractivity contribution in [3.05, 3.63) is 70.4 Å². The molecule has 0 aliphatic carbocycles. The molecule has 0 unspecified atom stereocenters. The molecule has 1 N–H and O–H groups in total. The fourth-order valence-electron chi connectivity index (χ4n) is 3.31. The van der Waals surface area contributed by atoms with Crippen molar-refractivity contribution in [2.75, 3.05) is 18.4 Å². The van der Waals surface area contributed by atoms with Crippen LogP contribution in [0.5, 0.6) is 0 Å². The molecule has 0 bridgehead atoms. The fourth-order valence-corrected chi connectivity index (χ4v) is 5.18. The summed E-state index contributed by atoms with van der Waals surface area (Å²) in [4.78, 5) is 37.4. The second-order valence-electron chi connectivity index (χ2n) is 7.06. The van der Waals surface area contributed by atoms with E-state index in [1.807, 2.05) is 6.20 Å². The Hall–Kier alpha value is -3.05. The first kappa shape index (κ1) is 21.2. The summed E-state index contributed by atoms with van der Waals surface area (Å²) in [5.74, 6) is 0.672. The van der Waals surface area contributed by atoms with Gasteiger partial charge in [-0.25, -0.2) is 15.0 Å². The Morgan fingerprint density at radius 1 is 1.26 bits per heavy atom. The van der Waals surface area contributed by atoms with Crippen molar-refractivity contribution in [2.24, 2.45) is 0 Å². The second kappa shape index (κ2) is 9.84. The Balaban J connectivity index is 1.32. The number of benzene rings is 1. The quantitative estimate of drug-likeness (QED) is 0.324. The maximum atomic E-state index is 12.8. The number of non-ortho nitro benzene ring substituents is 1. The Morgan fingerprint density at radius 3 is 2.77 bits per heavy atom. The highest BCUT2D eigenvalue weighted by Crippen LogP contribution is 2.31. The van der Waals surface area contributed by atoms with Gasteiger partial charge >= 0.3 is 0 Å². The molecular formula is C20H20N6O3S2. The van der Waals surface area contributed by atoms with Gasteiger partial charge in [0.25, 0.3) is 11.6 Å². The zero-order valence-electron chi connectivity index (χ0n) is 16.5. The van der Waals surface area contributed by atoms with E-state index in [1.54, 1.807) is 40.4 Å². The number of hydrogen-bond donors (Lipinski definition) is 1. The molecule has 0 radical (unpaired) electrons. The van der Waals surface area contributed by atoms with E-state index in [9.17, 15) is 14.9 Å². The van der Waals surface area contributed by atoms with Crippen LogP contribution in [0.2, 0.25) is 0 Å². The summed E-state index contributed by atoms with van der Waals surface area (Å²) in [7, 11) is 0. The van der Waals surface area contributed by atoms with Crippen LogP contribution in [-0.2, 0) is 5.75 Å². The maximum absolute atomic E-state index is 12.8. The van der Waals surface area contributed by atoms with E-state index >= 15 is 0 Å². The number of likely N-dealkylation sites (tertiary alicyclic amines) is 1. The van der Waals surface area contributed by atoms with Gasteiger partial charge in [0.15, 0.2) is 5.13 Å². The Labute approximate surface area is 187 Å². The molecule has 1 amide bonds. The van der Waals surface area contributed by atoms with Gasteiger partial charge in [0.05, 0.1) is 15.3 Å². The molecule has 0 saturated carbocycles. The normalized spacial score (nSPS) is 16.1. The average molecular weight is 457 g/mol. The van der Waals surface area contributed by atoms with Gasteiger partial charge in [0.2, 0.25) is 0 Å². The van der Waals surface area contributed by atoms with Crippen LogP contribution in [0.25, 0.3) is 0 Å². The third-order valence-corrected chi connectivity index (χ3v) is 7.04. The molecule has 1 fully saturated rings. The fraction of sp³-hybridized carbons (Fsp3) is 0.300. The third-order valence-electron chi connectivity index (χ3n) is 4.84. The largest absolute Gasteiger partial charge is 0.357 e. The summed E-state index contributed by atoms with van der Waals surface area (Å²) in [5, 5.41) is 15.1. The van der Waals surface area contributed by atoms with E-state index in [0.29, 0.717) is 18.7 Å². The number of nitro groups is 1. The summed E-state index contributed by atoms with van der Waals surface area (Å²) >= 11 is 3.27. The Kier molecular flexibility index (Phi) is 6.73. The van der Waals surface area contributed by atoms with Crippen molar-refractivity contribution >= 4 is 39.8 Å². The Bertz CT molecular complexity index is 1040. The molecule has 1 aliphatic heterocycles. The summed E-state index contributed by atoms with van der Waals surface area (Å²) in [5.41, 5.74) is 1.50. The number of nitro benzene ring substituents is 1. The van der Waals surface area contributed by atoms with Gasteiger partial charge in [-0.05, 0) is 30.5 Å². The smallest absolute Gasteiger partial charge is 0.269 e. The van der Waals surface area contributed by atoms with Gasteiger partial charge in [0, 0.05) is 55.0 Å². The monoisotopic (exact) mass is 456 g/mol. The van der Waals surface area contributed by atoms with Gasteiger partial charge < -0.3 is 10.2 Å². The first-order chi connectivity index (χ1) is 15.1. The minimum absolute atomic E-state index is 0.0213. The summed E-state index contributed by atoms with van der Waals surface area (Å²) in [6, 6.07) is 5.87. The highest BCUT2D eigenvalue weighted by Gasteiger charge is 2.25. The molecule has 3 aromatic rings. The highest BCUT2D eigenvalue weighted by molar-refractivity contribution is 8.00. The zero-order valence-corrected chi connectivity index (χ0v) is 18.1. The molecular weight excluding hydrogens is 436 g/mol. The van der Waals surface area contributed by atoms with Crippen molar-refractivity contribution in [2.45, 2.75) is 28.8 Å². The third kappa shape index (κ3) is 5.56. The number of thiazole rings is 1. The van der Waals surface area contributed by atoms with Crippen LogP contribution >= 0.6 is 23.1 Å². The zero-order chi connectivity index (χ0) is 21.6. The number of carbonyl (C=O) groups excluding carboxylic acids is 1. The summed E-state index contributed by atoms with van der Waals surface area (Å²) in [6.45, 7) is 1.24. The van der Waals surface area contributed by atoms with Crippen LogP contribution in [0.3, 0.4) is 0 Å². The van der Waals surface area contributed by atoms with E-state index in [4.69, 9.17) is 0 Å². The molecule has 2 aromatic heterocycles. The summed E-state index contributed by atoms with van der Waals surface area (Å²) < 4.78 is 1.10. The number of aromatic nitrogens is 3. The van der Waals surface area contributed by atoms with E-state index in [1.165, 1.54) is 30.6 Å². The number of anilines is 1. The molecule has 11 heteroatoms. The highest BCUT2D eigenvalue weighted by atomic mass is 32.2. The van der Waals surface area contributed by atoms with Crippen molar-refractivity contribution in [3.8, 4) is 0 Å². The SMILES string of the molecule is O=C(c1ccc([N+](=O)[O-])cc1)N1CCC[C@@H](Nc2ncc(SCc3cncnc3)s2)C1. The molecule has 4 rings (SSSR count). The maximum Gasteiger partial charge on any atom is 0.269 e. The second-order valence-corrected chi connectivity index (χ2v) is 9.36. The molecule has 1 aromatic carbocycles. The number of carbonyl (C=O) groups is 1. The lowest BCUT2D eigenvalue weighted by Gasteiger charge is -2.33. The van der Waals surface area contributed by atoms with Crippen LogP contribution in [0, 0.1) is 10.1 Å². The van der Waals surface area contributed by atoms with E-state index in [-0.39, 0.29) is 17.6 Å². The molecule has 1 saturated heterocycles. The van der Waals surface area contributed by atoms with Crippen molar-refractivity contribution in [1.82, 2.24) is 19.9 Å². The van der Waals surface area contributed by atoms with Gasteiger partial charge in [-0.3, -0.25) is 14.9 Å². The summed E-state index contributed by atoms with van der Waals surface area (Å²) in [6.07, 6.45) is 8.81. The Morgan fingerprint density at radius 2 is 2.03 bits per heavy atom. The number of nitrogens with one attached hydrogen (secondary N) is 1. The molecule has 31 heavy (non-hydrogen) atoms. The van der Waals surface area contributed by atoms with Crippen LogP contribution in [0.15, 0.2) is 53.4 Å². The van der Waals surface area contributed by atoms with Crippen LogP contribution in [0.4, 0.5) is 10.8 Å². The minimum Gasteiger partial charge on any atom is -0.357 e. The van der Waals surface area contributed by atoms with Crippen LogP contribution < -0.4 is 5.32 Å². The molecule has 3 heterocycles. The average Bonchev–Trinajstić information content (AvgIpc) is 3.25. The lowest BCUT2D eigenvalue weighted by atomic mass is 10.0. The van der Waals surface area contributed by atoms with Gasteiger partial charge in [0.1, 0.15) is 6.33 Å². The number of piperidine rings is 1.